The van der Waals surface area contributed by atoms with Gasteiger partial charge in [-0.25, -0.2) is 0 Å². The van der Waals surface area contributed by atoms with Crippen LogP contribution in [0.3, 0.4) is 0 Å². The quantitative estimate of drug-likeness (QED) is 0.210. The number of fused-ring (bicyclic) bond motifs is 1. The standard InChI is InChI=1S/C25H35N3.C6H6O/c1-3-4-5-6-7-8-9-10-11-12-15-22-18-21(2)19-23(20-22)28-26-24-16-13-14-17-25(24)27-28;7-6-4-2-1-3-5-6/h13-14,16-20H,3-12,15H2,1-2H3;1-5,7H. The number of rotatable bonds is 12. The molecule has 0 aliphatic rings. The molecule has 1 heterocycles. The van der Waals surface area contributed by atoms with Gasteiger partial charge >= 0.3 is 0 Å². The molecule has 186 valence electrons. The van der Waals surface area contributed by atoms with E-state index in [1.807, 2.05) is 30.3 Å². The van der Waals surface area contributed by atoms with Crippen molar-refractivity contribution in [3.63, 3.8) is 0 Å². The fourth-order valence-corrected chi connectivity index (χ4v) is 4.32. The number of hydrogen-bond acceptors (Lipinski definition) is 3. The second-order valence-corrected chi connectivity index (χ2v) is 9.42. The molecule has 35 heavy (non-hydrogen) atoms. The van der Waals surface area contributed by atoms with Crippen LogP contribution in [0.2, 0.25) is 0 Å². The third-order valence-electron chi connectivity index (χ3n) is 6.21. The van der Waals surface area contributed by atoms with Crippen LogP contribution in [-0.4, -0.2) is 20.1 Å². The van der Waals surface area contributed by atoms with Crippen LogP contribution in [0, 0.1) is 6.92 Å². The predicted molar refractivity (Wildman–Crippen MR) is 147 cm³/mol. The number of hydrogen-bond donors (Lipinski definition) is 1. The van der Waals surface area contributed by atoms with Crippen LogP contribution < -0.4 is 0 Å². The van der Waals surface area contributed by atoms with E-state index < -0.39 is 0 Å². The third kappa shape index (κ3) is 9.56. The van der Waals surface area contributed by atoms with Gasteiger partial charge in [-0.2, -0.15) is 4.80 Å². The van der Waals surface area contributed by atoms with Crippen molar-refractivity contribution in [2.45, 2.75) is 84.5 Å². The zero-order valence-corrected chi connectivity index (χ0v) is 21.5. The molecule has 0 saturated carbocycles. The van der Waals surface area contributed by atoms with E-state index in [2.05, 4.69) is 42.2 Å². The maximum Gasteiger partial charge on any atom is 0.115 e. The average molecular weight is 472 g/mol. The van der Waals surface area contributed by atoms with Gasteiger partial charge in [0.1, 0.15) is 16.8 Å². The first-order chi connectivity index (χ1) is 17.2. The topological polar surface area (TPSA) is 50.9 Å². The molecule has 4 nitrogen and oxygen atoms in total. The number of phenolic OH excluding ortho intramolecular Hbond substituents is 1. The summed E-state index contributed by atoms with van der Waals surface area (Å²) in [4.78, 5) is 1.78. The first-order valence-corrected chi connectivity index (χ1v) is 13.3. The Morgan fingerprint density at radius 2 is 1.20 bits per heavy atom. The summed E-state index contributed by atoms with van der Waals surface area (Å²) in [6.45, 7) is 4.44. The highest BCUT2D eigenvalue weighted by Gasteiger charge is 2.06. The van der Waals surface area contributed by atoms with E-state index in [-0.39, 0.29) is 0 Å². The average Bonchev–Trinajstić information content (AvgIpc) is 3.30. The van der Waals surface area contributed by atoms with Crippen molar-refractivity contribution >= 4 is 11.0 Å². The van der Waals surface area contributed by atoms with Gasteiger partial charge in [0, 0.05) is 0 Å². The Labute approximate surface area is 211 Å². The van der Waals surface area contributed by atoms with Gasteiger partial charge in [0.2, 0.25) is 0 Å². The van der Waals surface area contributed by atoms with Crippen LogP contribution in [0.5, 0.6) is 5.75 Å². The second kappa shape index (κ2) is 15.0. The van der Waals surface area contributed by atoms with E-state index in [4.69, 9.17) is 5.11 Å². The number of phenols is 1. The van der Waals surface area contributed by atoms with Crippen LogP contribution in [0.1, 0.15) is 82.3 Å². The van der Waals surface area contributed by atoms with E-state index in [0.717, 1.165) is 23.1 Å². The number of benzene rings is 3. The monoisotopic (exact) mass is 471 g/mol. The highest BCUT2D eigenvalue weighted by atomic mass is 16.3. The second-order valence-electron chi connectivity index (χ2n) is 9.42. The molecule has 0 aliphatic carbocycles. The molecule has 0 radical (unpaired) electrons. The molecule has 4 rings (SSSR count). The van der Waals surface area contributed by atoms with Crippen LogP contribution in [-0.2, 0) is 6.42 Å². The van der Waals surface area contributed by atoms with Gasteiger partial charge in [-0.15, -0.1) is 10.2 Å². The van der Waals surface area contributed by atoms with E-state index in [1.165, 1.54) is 75.3 Å². The van der Waals surface area contributed by atoms with Crippen LogP contribution in [0.25, 0.3) is 16.7 Å². The third-order valence-corrected chi connectivity index (χ3v) is 6.21. The first kappa shape index (κ1) is 26.5. The lowest BCUT2D eigenvalue weighted by atomic mass is 10.0. The van der Waals surface area contributed by atoms with Crippen molar-refractivity contribution in [2.75, 3.05) is 0 Å². The zero-order chi connectivity index (χ0) is 24.7. The summed E-state index contributed by atoms with van der Waals surface area (Å²) in [5.41, 5.74) is 5.63. The van der Waals surface area contributed by atoms with Gasteiger partial charge in [-0.1, -0.05) is 101 Å². The minimum Gasteiger partial charge on any atom is -0.508 e. The lowest BCUT2D eigenvalue weighted by molar-refractivity contribution is 0.475. The van der Waals surface area contributed by atoms with E-state index in [9.17, 15) is 0 Å². The number of aryl methyl sites for hydroxylation is 2. The van der Waals surface area contributed by atoms with E-state index in [1.54, 1.807) is 29.1 Å². The molecule has 0 aliphatic heterocycles. The molecule has 3 aromatic carbocycles. The highest BCUT2D eigenvalue weighted by Crippen LogP contribution is 2.18. The maximum absolute atomic E-state index is 8.63. The minimum absolute atomic E-state index is 0.322. The fraction of sp³-hybridized carbons (Fsp3) is 0.419. The lowest BCUT2D eigenvalue weighted by Gasteiger charge is -2.07. The molecule has 4 aromatic rings. The van der Waals surface area contributed by atoms with Crippen molar-refractivity contribution in [2.24, 2.45) is 0 Å². The summed E-state index contributed by atoms with van der Waals surface area (Å²) in [5, 5.41) is 17.9. The van der Waals surface area contributed by atoms with Crippen LogP contribution in [0.4, 0.5) is 0 Å². The van der Waals surface area contributed by atoms with Gasteiger partial charge in [-0.05, 0) is 67.3 Å². The van der Waals surface area contributed by atoms with Crippen molar-refractivity contribution < 1.29 is 5.11 Å². The van der Waals surface area contributed by atoms with Crippen molar-refractivity contribution in [3.8, 4) is 11.4 Å². The molecule has 0 spiro atoms. The van der Waals surface area contributed by atoms with E-state index >= 15 is 0 Å². The number of aromatic nitrogens is 3. The highest BCUT2D eigenvalue weighted by molar-refractivity contribution is 5.73. The smallest absolute Gasteiger partial charge is 0.115 e. The molecular formula is C31H41N3O. The van der Waals surface area contributed by atoms with Gasteiger partial charge < -0.3 is 5.11 Å². The lowest BCUT2D eigenvalue weighted by Crippen LogP contribution is -2.00. The van der Waals surface area contributed by atoms with E-state index in [0.29, 0.717) is 5.75 Å². The Balaban J connectivity index is 0.000000420. The van der Waals surface area contributed by atoms with Crippen molar-refractivity contribution in [1.82, 2.24) is 15.0 Å². The van der Waals surface area contributed by atoms with Crippen molar-refractivity contribution in [1.29, 1.82) is 0 Å². The molecule has 0 amide bonds. The van der Waals surface area contributed by atoms with Crippen LogP contribution >= 0.6 is 0 Å². The summed E-state index contributed by atoms with van der Waals surface area (Å²) in [5.74, 6) is 0.322. The Morgan fingerprint density at radius 1 is 0.657 bits per heavy atom. The van der Waals surface area contributed by atoms with Gasteiger partial charge in [0.25, 0.3) is 0 Å². The molecule has 1 aromatic heterocycles. The number of unbranched alkanes of at least 4 members (excludes halogenated alkanes) is 9. The molecule has 0 fully saturated rings. The Hall–Kier alpha value is -3.14. The predicted octanol–water partition coefficient (Wildman–Crippen LogP) is 8.58. The molecule has 0 saturated heterocycles. The number of aromatic hydroxyl groups is 1. The minimum atomic E-state index is 0.322. The van der Waals surface area contributed by atoms with Gasteiger partial charge in [-0.3, -0.25) is 0 Å². The summed E-state index contributed by atoms with van der Waals surface area (Å²) in [6.07, 6.45) is 15.0. The summed E-state index contributed by atoms with van der Waals surface area (Å²) < 4.78 is 0. The SMILES string of the molecule is CCCCCCCCCCCCc1cc(C)cc(-n2nc3ccccc3n2)c1.Oc1ccccc1. The first-order valence-electron chi connectivity index (χ1n) is 13.3. The summed E-state index contributed by atoms with van der Waals surface area (Å²) >= 11 is 0. The molecular weight excluding hydrogens is 430 g/mol. The number of para-hydroxylation sites is 1. The summed E-state index contributed by atoms with van der Waals surface area (Å²) in [7, 11) is 0. The molecule has 4 heteroatoms. The Morgan fingerprint density at radius 3 is 1.74 bits per heavy atom. The normalized spacial score (nSPS) is 10.8. The van der Waals surface area contributed by atoms with Gasteiger partial charge in [0.05, 0.1) is 5.69 Å². The Kier molecular flexibility index (Phi) is 11.3. The zero-order valence-electron chi connectivity index (χ0n) is 21.5. The van der Waals surface area contributed by atoms with Crippen LogP contribution in [0.15, 0.2) is 72.8 Å². The largest absolute Gasteiger partial charge is 0.508 e. The molecule has 0 unspecified atom stereocenters. The summed E-state index contributed by atoms with van der Waals surface area (Å²) in [6, 6.07) is 23.5. The Bertz CT molecular complexity index is 1090. The molecule has 1 N–H and O–H groups in total. The maximum atomic E-state index is 8.63. The fourth-order valence-electron chi connectivity index (χ4n) is 4.32. The molecule has 0 bridgehead atoms. The van der Waals surface area contributed by atoms with Crippen molar-refractivity contribution in [3.05, 3.63) is 83.9 Å². The number of nitrogens with zero attached hydrogens (tertiary/aromatic N) is 3. The molecule has 0 atom stereocenters. The van der Waals surface area contributed by atoms with Gasteiger partial charge in [0.15, 0.2) is 0 Å².